The summed E-state index contributed by atoms with van der Waals surface area (Å²) in [6.07, 6.45) is 0.0718. The highest BCUT2D eigenvalue weighted by Gasteiger charge is 2.61. The van der Waals surface area contributed by atoms with E-state index in [1.165, 1.54) is 18.9 Å². The number of amides is 3. The molecule has 0 unspecified atom stereocenters. The number of hydrazone groups is 1. The van der Waals surface area contributed by atoms with E-state index in [0.29, 0.717) is 17.8 Å². The van der Waals surface area contributed by atoms with Crippen LogP contribution >= 0.6 is 11.8 Å². The molecule has 2 aliphatic rings. The molecule has 9 heteroatoms. The number of para-hydroxylation sites is 1. The van der Waals surface area contributed by atoms with Crippen LogP contribution < -0.4 is 15.0 Å². The van der Waals surface area contributed by atoms with Gasteiger partial charge in [-0.05, 0) is 49.4 Å². The maximum absolute atomic E-state index is 13.8. The Balaban J connectivity index is 1.70. The molecule has 0 radical (unpaired) electrons. The van der Waals surface area contributed by atoms with Gasteiger partial charge < -0.3 is 15.0 Å². The molecule has 166 valence electrons. The lowest BCUT2D eigenvalue weighted by Crippen LogP contribution is -2.48. The van der Waals surface area contributed by atoms with E-state index in [1.54, 1.807) is 4.90 Å². The second-order valence-corrected chi connectivity index (χ2v) is 9.06. The number of thioether (sulfide) groups is 1. The quantitative estimate of drug-likeness (QED) is 0.769. The maximum atomic E-state index is 13.8. The Morgan fingerprint density at radius 1 is 1.12 bits per heavy atom. The fourth-order valence-corrected chi connectivity index (χ4v) is 5.18. The van der Waals surface area contributed by atoms with Crippen LogP contribution in [-0.2, 0) is 25.8 Å². The third-order valence-corrected chi connectivity index (χ3v) is 6.29. The van der Waals surface area contributed by atoms with E-state index in [4.69, 9.17) is 4.74 Å². The molecule has 0 aromatic heterocycles. The molecule has 1 spiro atoms. The molecular weight excluding hydrogens is 428 g/mol. The number of ether oxygens (including phenoxy) is 1. The average molecular weight is 453 g/mol. The number of nitrogens with zero attached hydrogens (tertiary/aromatic N) is 3. The van der Waals surface area contributed by atoms with Crippen molar-refractivity contribution in [1.29, 1.82) is 0 Å². The predicted octanol–water partition coefficient (Wildman–Crippen LogP) is 3.18. The zero-order chi connectivity index (χ0) is 23.0. The molecule has 0 bridgehead atoms. The van der Waals surface area contributed by atoms with Crippen molar-refractivity contribution < 1.29 is 19.1 Å². The number of carbonyl (C=O) groups excluding carboxylic acids is 3. The van der Waals surface area contributed by atoms with E-state index in [0.717, 1.165) is 23.1 Å². The van der Waals surface area contributed by atoms with Crippen molar-refractivity contribution in [1.82, 2.24) is 10.3 Å². The number of benzene rings is 2. The Bertz CT molecular complexity index is 1120. The van der Waals surface area contributed by atoms with Gasteiger partial charge in [0.15, 0.2) is 5.17 Å². The van der Waals surface area contributed by atoms with Gasteiger partial charge in [0.1, 0.15) is 5.75 Å². The lowest BCUT2D eigenvalue weighted by atomic mass is 10.1. The molecule has 0 fully saturated rings. The summed E-state index contributed by atoms with van der Waals surface area (Å²) in [5, 5.41) is 8.26. The molecule has 2 heterocycles. The first-order valence-electron chi connectivity index (χ1n) is 10.3. The zero-order valence-corrected chi connectivity index (χ0v) is 19.1. The Labute approximate surface area is 190 Å². The van der Waals surface area contributed by atoms with Gasteiger partial charge in [-0.3, -0.25) is 14.4 Å². The number of nitrogens with one attached hydrogen (secondary N) is 1. The number of fused-ring (bicyclic) bond motifs is 2. The molecule has 3 amide bonds. The number of rotatable bonds is 4. The molecule has 32 heavy (non-hydrogen) atoms. The minimum atomic E-state index is -1.39. The SMILES string of the molecule is CC(=O)NC1=NN(C(C)=O)[C@@]2(S1)C(=O)N(Cc1ccc(OC(C)C)cc1)c1ccccc12. The average Bonchev–Trinajstić information content (AvgIpc) is 3.21. The summed E-state index contributed by atoms with van der Waals surface area (Å²) in [6, 6.07) is 14.9. The van der Waals surface area contributed by atoms with Crippen LogP contribution in [0.2, 0.25) is 0 Å². The molecule has 1 N–H and O–H groups in total. The van der Waals surface area contributed by atoms with E-state index in [-0.39, 0.29) is 23.1 Å². The van der Waals surface area contributed by atoms with Gasteiger partial charge in [-0.1, -0.05) is 30.3 Å². The van der Waals surface area contributed by atoms with Crippen molar-refractivity contribution >= 4 is 40.3 Å². The molecule has 8 nitrogen and oxygen atoms in total. The third-order valence-electron chi connectivity index (χ3n) is 5.05. The topological polar surface area (TPSA) is 91.3 Å². The van der Waals surface area contributed by atoms with Crippen molar-refractivity contribution in [3.8, 4) is 5.75 Å². The highest BCUT2D eigenvalue weighted by Crippen LogP contribution is 2.54. The van der Waals surface area contributed by atoms with Gasteiger partial charge in [-0.15, -0.1) is 5.10 Å². The fraction of sp³-hybridized carbons (Fsp3) is 0.304. The number of amidine groups is 1. The Morgan fingerprint density at radius 3 is 2.44 bits per heavy atom. The van der Waals surface area contributed by atoms with Crippen molar-refractivity contribution in [2.45, 2.75) is 45.2 Å². The van der Waals surface area contributed by atoms with E-state index in [2.05, 4.69) is 10.4 Å². The summed E-state index contributed by atoms with van der Waals surface area (Å²) in [5.74, 6) is -0.240. The Morgan fingerprint density at radius 2 is 1.81 bits per heavy atom. The smallest absolute Gasteiger partial charge is 0.271 e. The number of anilines is 1. The Kier molecular flexibility index (Phi) is 5.68. The van der Waals surface area contributed by atoms with Crippen LogP contribution in [0.15, 0.2) is 53.6 Å². The molecule has 2 aromatic carbocycles. The van der Waals surface area contributed by atoms with Crippen LogP contribution in [0.4, 0.5) is 5.69 Å². The number of carbonyl (C=O) groups is 3. The molecule has 0 saturated carbocycles. The van der Waals surface area contributed by atoms with E-state index in [1.807, 2.05) is 62.4 Å². The summed E-state index contributed by atoms with van der Waals surface area (Å²) in [5.41, 5.74) is 2.29. The van der Waals surface area contributed by atoms with Gasteiger partial charge in [-0.2, -0.15) is 5.01 Å². The molecule has 0 aliphatic carbocycles. The summed E-state index contributed by atoms with van der Waals surface area (Å²) < 4.78 is 5.70. The molecule has 4 rings (SSSR count). The first-order chi connectivity index (χ1) is 15.2. The van der Waals surface area contributed by atoms with Crippen molar-refractivity contribution in [3.63, 3.8) is 0 Å². The van der Waals surface area contributed by atoms with Crippen LogP contribution in [0.1, 0.15) is 38.8 Å². The van der Waals surface area contributed by atoms with Gasteiger partial charge in [0, 0.05) is 19.4 Å². The highest BCUT2D eigenvalue weighted by molar-refractivity contribution is 8.15. The minimum Gasteiger partial charge on any atom is -0.491 e. The molecule has 2 aliphatic heterocycles. The third kappa shape index (κ3) is 3.73. The maximum Gasteiger partial charge on any atom is 0.271 e. The lowest BCUT2D eigenvalue weighted by Gasteiger charge is -2.29. The normalized spacial score (nSPS) is 19.4. The number of hydrogen-bond acceptors (Lipinski definition) is 6. The van der Waals surface area contributed by atoms with Crippen molar-refractivity contribution in [2.75, 3.05) is 4.90 Å². The van der Waals surface area contributed by atoms with Crippen molar-refractivity contribution in [2.24, 2.45) is 5.10 Å². The van der Waals surface area contributed by atoms with Crippen LogP contribution in [0, 0.1) is 0 Å². The largest absolute Gasteiger partial charge is 0.491 e. The molecule has 2 aromatic rings. The Hall–Kier alpha value is -3.33. The first-order valence-corrected chi connectivity index (χ1v) is 11.1. The van der Waals surface area contributed by atoms with Crippen LogP contribution in [0.25, 0.3) is 0 Å². The summed E-state index contributed by atoms with van der Waals surface area (Å²) in [7, 11) is 0. The van der Waals surface area contributed by atoms with Crippen molar-refractivity contribution in [3.05, 3.63) is 59.7 Å². The first kappa shape index (κ1) is 21.9. The summed E-state index contributed by atoms with van der Waals surface area (Å²) >= 11 is 1.07. The number of hydrogen-bond donors (Lipinski definition) is 1. The zero-order valence-electron chi connectivity index (χ0n) is 18.3. The highest BCUT2D eigenvalue weighted by atomic mass is 32.2. The predicted molar refractivity (Wildman–Crippen MR) is 123 cm³/mol. The van der Waals surface area contributed by atoms with Crippen LogP contribution in [-0.4, -0.2) is 34.0 Å². The van der Waals surface area contributed by atoms with Gasteiger partial charge in [-0.25, -0.2) is 0 Å². The summed E-state index contributed by atoms with van der Waals surface area (Å²) in [4.78, 5) is 38.2. The van der Waals surface area contributed by atoms with Gasteiger partial charge in [0.05, 0.1) is 18.3 Å². The van der Waals surface area contributed by atoms with Gasteiger partial charge >= 0.3 is 0 Å². The van der Waals surface area contributed by atoms with E-state index in [9.17, 15) is 14.4 Å². The molecule has 1 atom stereocenters. The second-order valence-electron chi connectivity index (χ2n) is 7.88. The molecular formula is C23H24N4O4S. The minimum absolute atomic E-state index is 0.0718. The second kappa shape index (κ2) is 8.31. The van der Waals surface area contributed by atoms with E-state index >= 15 is 0 Å². The molecule has 0 saturated heterocycles. The lowest BCUT2D eigenvalue weighted by molar-refractivity contribution is -0.139. The van der Waals surface area contributed by atoms with E-state index < -0.39 is 10.8 Å². The summed E-state index contributed by atoms with van der Waals surface area (Å²) in [6.45, 7) is 6.96. The van der Waals surface area contributed by atoms with Gasteiger partial charge in [0.25, 0.3) is 5.91 Å². The van der Waals surface area contributed by atoms with Crippen LogP contribution in [0.3, 0.4) is 0 Å². The monoisotopic (exact) mass is 452 g/mol. The fourth-order valence-electron chi connectivity index (χ4n) is 3.85. The standard InChI is InChI=1S/C23H24N4O4S/c1-14(2)31-18-11-9-17(10-12-18)13-26-20-8-6-5-7-19(20)23(21(26)30)27(16(4)29)25-22(32-23)24-15(3)28/h5-12,14H,13H2,1-4H3,(H,24,25,28)/t23-/m0/s1. The van der Waals surface area contributed by atoms with Crippen LogP contribution in [0.5, 0.6) is 5.75 Å². The van der Waals surface area contributed by atoms with Gasteiger partial charge in [0.2, 0.25) is 16.7 Å².